The molecule has 0 heterocycles. The average molecular weight is 121 g/mol. The van der Waals surface area contributed by atoms with Crippen LogP contribution in [0.4, 0.5) is 0 Å². The van der Waals surface area contributed by atoms with Gasteiger partial charge in [0.15, 0.2) is 0 Å². The largest absolute Gasteiger partial charge is 0.192 e. The molecule has 1 nitrogen and oxygen atoms in total. The van der Waals surface area contributed by atoms with Crippen molar-refractivity contribution < 1.29 is 0 Å². The van der Waals surface area contributed by atoms with E-state index in [-0.39, 0.29) is 0 Å². The van der Waals surface area contributed by atoms with Crippen molar-refractivity contribution >= 4 is 0 Å². The third-order valence-corrected chi connectivity index (χ3v) is 1.22. The van der Waals surface area contributed by atoms with Crippen molar-refractivity contribution in [2.45, 2.75) is 20.3 Å². The van der Waals surface area contributed by atoms with E-state index in [1.165, 1.54) is 0 Å². The molecule has 0 unspecified atom stereocenters. The summed E-state index contributed by atoms with van der Waals surface area (Å²) in [6.45, 7) is 7.56. The molecule has 0 amide bonds. The SMILES string of the molecule is C=C(CC)C(C#N)=CC. The van der Waals surface area contributed by atoms with Gasteiger partial charge in [0.1, 0.15) is 0 Å². The molecular weight excluding hydrogens is 110 g/mol. The number of allylic oxidation sites excluding steroid dienone is 3. The van der Waals surface area contributed by atoms with Crippen LogP contribution < -0.4 is 0 Å². The van der Waals surface area contributed by atoms with Gasteiger partial charge in [-0.2, -0.15) is 5.26 Å². The maximum absolute atomic E-state index is 8.45. The van der Waals surface area contributed by atoms with Gasteiger partial charge in [-0.25, -0.2) is 0 Å². The maximum atomic E-state index is 8.45. The number of nitrogens with zero attached hydrogens (tertiary/aromatic N) is 1. The fourth-order valence-corrected chi connectivity index (χ4v) is 0.538. The maximum Gasteiger partial charge on any atom is 0.0990 e. The van der Waals surface area contributed by atoms with Gasteiger partial charge in [-0.15, -0.1) is 0 Å². The topological polar surface area (TPSA) is 23.8 Å². The van der Waals surface area contributed by atoms with Crippen LogP contribution in [0, 0.1) is 11.3 Å². The van der Waals surface area contributed by atoms with E-state index < -0.39 is 0 Å². The molecule has 0 spiro atoms. The Bertz CT molecular complexity index is 169. The smallest absolute Gasteiger partial charge is 0.0990 e. The minimum atomic E-state index is 0.706. The Morgan fingerprint density at radius 1 is 1.78 bits per heavy atom. The van der Waals surface area contributed by atoms with E-state index in [2.05, 4.69) is 12.6 Å². The van der Waals surface area contributed by atoms with E-state index in [1.54, 1.807) is 6.08 Å². The molecule has 0 radical (unpaired) electrons. The molecule has 0 bridgehead atoms. The normalized spacial score (nSPS) is 10.6. The number of hydrogen-bond acceptors (Lipinski definition) is 1. The lowest BCUT2D eigenvalue weighted by atomic mass is 10.1. The summed E-state index contributed by atoms with van der Waals surface area (Å²) in [7, 11) is 0. The Kier molecular flexibility index (Phi) is 3.46. The zero-order chi connectivity index (χ0) is 7.28. The van der Waals surface area contributed by atoms with Crippen LogP contribution in [0.2, 0.25) is 0 Å². The zero-order valence-corrected chi connectivity index (χ0v) is 5.94. The van der Waals surface area contributed by atoms with Crippen LogP contribution in [0.5, 0.6) is 0 Å². The lowest BCUT2D eigenvalue weighted by Gasteiger charge is -1.95. The first-order chi connectivity index (χ1) is 4.26. The first-order valence-electron chi connectivity index (χ1n) is 3.00. The lowest BCUT2D eigenvalue weighted by Crippen LogP contribution is -1.80. The van der Waals surface area contributed by atoms with Gasteiger partial charge in [-0.05, 0) is 18.9 Å². The average Bonchev–Trinajstić information content (AvgIpc) is 1.90. The van der Waals surface area contributed by atoms with Gasteiger partial charge in [-0.1, -0.05) is 19.6 Å². The Balaban J connectivity index is 4.19. The summed E-state index contributed by atoms with van der Waals surface area (Å²) in [5, 5.41) is 8.45. The third-order valence-electron chi connectivity index (χ3n) is 1.22. The van der Waals surface area contributed by atoms with Crippen LogP contribution in [0.3, 0.4) is 0 Å². The lowest BCUT2D eigenvalue weighted by molar-refractivity contribution is 1.13. The standard InChI is InChI=1S/C8H11N/c1-4-7(3)8(5-2)6-9/h5H,3-4H2,1-2H3. The molecule has 0 aromatic rings. The molecule has 9 heavy (non-hydrogen) atoms. The molecule has 48 valence electrons. The van der Waals surface area contributed by atoms with Gasteiger partial charge in [-0.3, -0.25) is 0 Å². The number of nitriles is 1. The van der Waals surface area contributed by atoms with E-state index in [1.807, 2.05) is 13.8 Å². The van der Waals surface area contributed by atoms with E-state index in [4.69, 9.17) is 5.26 Å². The van der Waals surface area contributed by atoms with Gasteiger partial charge >= 0.3 is 0 Å². The van der Waals surface area contributed by atoms with Gasteiger partial charge < -0.3 is 0 Å². The van der Waals surface area contributed by atoms with Crippen molar-refractivity contribution in [2.24, 2.45) is 0 Å². The van der Waals surface area contributed by atoms with Gasteiger partial charge in [0.25, 0.3) is 0 Å². The predicted molar refractivity (Wildman–Crippen MR) is 38.8 cm³/mol. The Hall–Kier alpha value is -1.03. The number of rotatable bonds is 2. The Labute approximate surface area is 56.3 Å². The molecule has 0 aliphatic rings. The highest BCUT2D eigenvalue weighted by Crippen LogP contribution is 2.08. The van der Waals surface area contributed by atoms with Crippen LogP contribution in [0.15, 0.2) is 23.8 Å². The quantitative estimate of drug-likeness (QED) is 0.406. The molecule has 1 heteroatoms. The molecule has 0 saturated carbocycles. The van der Waals surface area contributed by atoms with E-state index in [0.717, 1.165) is 12.0 Å². The van der Waals surface area contributed by atoms with Crippen molar-refractivity contribution in [1.29, 1.82) is 5.26 Å². The van der Waals surface area contributed by atoms with E-state index in [0.29, 0.717) is 5.57 Å². The number of hydrogen-bond donors (Lipinski definition) is 0. The van der Waals surface area contributed by atoms with Crippen LogP contribution in [-0.2, 0) is 0 Å². The molecule has 0 aromatic carbocycles. The highest BCUT2D eigenvalue weighted by Gasteiger charge is 1.94. The minimum Gasteiger partial charge on any atom is -0.192 e. The first-order valence-corrected chi connectivity index (χ1v) is 3.00. The molecule has 0 rings (SSSR count). The predicted octanol–water partition coefficient (Wildman–Crippen LogP) is 2.42. The zero-order valence-electron chi connectivity index (χ0n) is 5.94. The van der Waals surface area contributed by atoms with Crippen molar-refractivity contribution in [3.05, 3.63) is 23.8 Å². The molecule has 0 aliphatic heterocycles. The summed E-state index contributed by atoms with van der Waals surface area (Å²) in [6, 6.07) is 2.06. The molecule has 0 aromatic heterocycles. The van der Waals surface area contributed by atoms with Crippen molar-refractivity contribution in [2.75, 3.05) is 0 Å². The van der Waals surface area contributed by atoms with Crippen molar-refractivity contribution in [1.82, 2.24) is 0 Å². The van der Waals surface area contributed by atoms with Crippen molar-refractivity contribution in [3.8, 4) is 6.07 Å². The van der Waals surface area contributed by atoms with Crippen molar-refractivity contribution in [3.63, 3.8) is 0 Å². The fourth-order valence-electron chi connectivity index (χ4n) is 0.538. The molecule has 0 N–H and O–H groups in total. The summed E-state index contributed by atoms with van der Waals surface area (Å²) in [5.41, 5.74) is 1.62. The third kappa shape index (κ3) is 2.14. The molecule has 0 saturated heterocycles. The van der Waals surface area contributed by atoms with E-state index in [9.17, 15) is 0 Å². The Morgan fingerprint density at radius 2 is 2.33 bits per heavy atom. The van der Waals surface area contributed by atoms with Gasteiger partial charge in [0.2, 0.25) is 0 Å². The molecule has 0 fully saturated rings. The molecular formula is C8H11N. The van der Waals surface area contributed by atoms with Gasteiger partial charge in [0.05, 0.1) is 11.6 Å². The second-order valence-electron chi connectivity index (χ2n) is 1.77. The minimum absolute atomic E-state index is 0.706. The first kappa shape index (κ1) is 7.97. The van der Waals surface area contributed by atoms with Crippen LogP contribution in [0.25, 0.3) is 0 Å². The van der Waals surface area contributed by atoms with Crippen LogP contribution in [-0.4, -0.2) is 0 Å². The second kappa shape index (κ2) is 3.91. The summed E-state index contributed by atoms with van der Waals surface area (Å²) in [6.07, 6.45) is 2.64. The van der Waals surface area contributed by atoms with Crippen LogP contribution >= 0.6 is 0 Å². The Morgan fingerprint density at radius 3 is 2.44 bits per heavy atom. The summed E-state index contributed by atoms with van der Waals surface area (Å²) >= 11 is 0. The highest BCUT2D eigenvalue weighted by molar-refractivity contribution is 5.39. The molecule has 0 aliphatic carbocycles. The molecule has 0 atom stereocenters. The van der Waals surface area contributed by atoms with Crippen LogP contribution in [0.1, 0.15) is 20.3 Å². The monoisotopic (exact) mass is 121 g/mol. The fraction of sp³-hybridized carbons (Fsp3) is 0.375. The van der Waals surface area contributed by atoms with Gasteiger partial charge in [0, 0.05) is 0 Å². The summed E-state index contributed by atoms with van der Waals surface area (Å²) < 4.78 is 0. The highest BCUT2D eigenvalue weighted by atomic mass is 14.2. The summed E-state index contributed by atoms with van der Waals surface area (Å²) in [5.74, 6) is 0. The summed E-state index contributed by atoms with van der Waals surface area (Å²) in [4.78, 5) is 0. The van der Waals surface area contributed by atoms with E-state index >= 15 is 0 Å². The second-order valence-corrected chi connectivity index (χ2v) is 1.77.